The zero-order valence-electron chi connectivity index (χ0n) is 7.66. The van der Waals surface area contributed by atoms with Gasteiger partial charge >= 0.3 is 0 Å². The zero-order valence-corrected chi connectivity index (χ0v) is 7.66. The second-order valence-corrected chi connectivity index (χ2v) is 2.78. The van der Waals surface area contributed by atoms with Crippen LogP contribution in [-0.4, -0.2) is 0 Å². The molecule has 0 saturated carbocycles. The maximum atomic E-state index is 5.35. The van der Waals surface area contributed by atoms with Gasteiger partial charge in [-0.05, 0) is 6.92 Å². The molecule has 0 heterocycles. The summed E-state index contributed by atoms with van der Waals surface area (Å²) < 4.78 is 5.35. The third-order valence-corrected chi connectivity index (χ3v) is 1.57. The van der Waals surface area contributed by atoms with Crippen molar-refractivity contribution in [3.05, 3.63) is 48.2 Å². The van der Waals surface area contributed by atoms with Crippen molar-refractivity contribution in [2.24, 2.45) is 0 Å². The van der Waals surface area contributed by atoms with Gasteiger partial charge < -0.3 is 4.74 Å². The summed E-state index contributed by atoms with van der Waals surface area (Å²) >= 11 is 0. The fourth-order valence-electron chi connectivity index (χ4n) is 1.03. The predicted octanol–water partition coefficient (Wildman–Crippen LogP) is 2.91. The van der Waals surface area contributed by atoms with Gasteiger partial charge in [-0.3, -0.25) is 0 Å². The van der Waals surface area contributed by atoms with Gasteiger partial charge in [-0.1, -0.05) is 42.8 Å². The van der Waals surface area contributed by atoms with E-state index in [2.05, 4.69) is 12.5 Å². The van der Waals surface area contributed by atoms with Crippen LogP contribution in [0.5, 0.6) is 0 Å². The SMILES string of the molecule is C#CC(OC(=C)C)c1ccccc1. The molecule has 1 heteroatoms. The standard InChI is InChI=1S/C12H12O/c1-4-12(13-10(2)3)11-8-6-5-7-9-11/h1,5-9,12H,2H2,3H3. The van der Waals surface area contributed by atoms with Crippen LogP contribution < -0.4 is 0 Å². The van der Waals surface area contributed by atoms with Crippen LogP contribution >= 0.6 is 0 Å². The van der Waals surface area contributed by atoms with E-state index in [1.165, 1.54) is 0 Å². The van der Waals surface area contributed by atoms with Crippen LogP contribution in [0.2, 0.25) is 0 Å². The molecule has 0 fully saturated rings. The molecule has 0 aliphatic heterocycles. The molecule has 1 atom stereocenters. The molecule has 0 amide bonds. The minimum absolute atomic E-state index is 0.321. The molecule has 0 aliphatic rings. The Morgan fingerprint density at radius 3 is 2.54 bits per heavy atom. The molecule has 0 radical (unpaired) electrons. The molecule has 0 N–H and O–H groups in total. The van der Waals surface area contributed by atoms with Crippen LogP contribution in [0.15, 0.2) is 42.7 Å². The Morgan fingerprint density at radius 2 is 2.08 bits per heavy atom. The van der Waals surface area contributed by atoms with Crippen LogP contribution in [0.25, 0.3) is 0 Å². The summed E-state index contributed by atoms with van der Waals surface area (Å²) in [6.07, 6.45) is 5.02. The Bertz CT molecular complexity index is 319. The first-order valence-electron chi connectivity index (χ1n) is 4.07. The van der Waals surface area contributed by atoms with Gasteiger partial charge in [-0.15, -0.1) is 6.42 Å². The van der Waals surface area contributed by atoms with Gasteiger partial charge in [0, 0.05) is 5.56 Å². The van der Waals surface area contributed by atoms with Gasteiger partial charge in [0.2, 0.25) is 0 Å². The molecular formula is C12H12O. The quantitative estimate of drug-likeness (QED) is 0.503. The molecule has 1 nitrogen and oxygen atoms in total. The lowest BCUT2D eigenvalue weighted by molar-refractivity contribution is 0.167. The van der Waals surface area contributed by atoms with Crippen molar-refractivity contribution in [2.75, 3.05) is 0 Å². The Hall–Kier alpha value is -1.68. The lowest BCUT2D eigenvalue weighted by Gasteiger charge is -2.13. The van der Waals surface area contributed by atoms with Crippen LogP contribution in [0.3, 0.4) is 0 Å². The summed E-state index contributed by atoms with van der Waals surface area (Å²) in [5.74, 6) is 3.20. The smallest absolute Gasteiger partial charge is 0.183 e. The second kappa shape index (κ2) is 4.37. The molecule has 0 aromatic heterocycles. The maximum Gasteiger partial charge on any atom is 0.183 e. The first-order chi connectivity index (χ1) is 6.24. The van der Waals surface area contributed by atoms with Crippen molar-refractivity contribution in [1.82, 2.24) is 0 Å². The molecule has 13 heavy (non-hydrogen) atoms. The van der Waals surface area contributed by atoms with Gasteiger partial charge in [-0.25, -0.2) is 0 Å². The Kier molecular flexibility index (Phi) is 3.16. The monoisotopic (exact) mass is 172 g/mol. The second-order valence-electron chi connectivity index (χ2n) is 2.78. The fraction of sp³-hybridized carbons (Fsp3) is 0.167. The number of hydrogen-bond acceptors (Lipinski definition) is 1. The average molecular weight is 172 g/mol. The van der Waals surface area contributed by atoms with E-state index in [0.29, 0.717) is 5.76 Å². The van der Waals surface area contributed by atoms with E-state index in [1.54, 1.807) is 6.92 Å². The van der Waals surface area contributed by atoms with Crippen molar-refractivity contribution in [2.45, 2.75) is 13.0 Å². The summed E-state index contributed by atoms with van der Waals surface area (Å²) in [6.45, 7) is 5.44. The molecule has 66 valence electrons. The van der Waals surface area contributed by atoms with Gasteiger partial charge in [0.05, 0.1) is 5.76 Å². The van der Waals surface area contributed by atoms with Crippen LogP contribution in [0, 0.1) is 12.3 Å². The third-order valence-electron chi connectivity index (χ3n) is 1.57. The zero-order chi connectivity index (χ0) is 9.68. The summed E-state index contributed by atoms with van der Waals surface area (Å²) in [7, 11) is 0. The summed E-state index contributed by atoms with van der Waals surface area (Å²) in [5.41, 5.74) is 0.980. The lowest BCUT2D eigenvalue weighted by Crippen LogP contribution is -1.99. The first-order valence-corrected chi connectivity index (χ1v) is 4.07. The van der Waals surface area contributed by atoms with E-state index in [4.69, 9.17) is 11.2 Å². The molecule has 1 rings (SSSR count). The van der Waals surface area contributed by atoms with E-state index >= 15 is 0 Å². The number of ether oxygens (including phenoxy) is 1. The number of benzene rings is 1. The molecule has 1 aromatic carbocycles. The van der Waals surface area contributed by atoms with Crippen molar-refractivity contribution < 1.29 is 4.74 Å². The van der Waals surface area contributed by atoms with Crippen molar-refractivity contribution >= 4 is 0 Å². The number of allylic oxidation sites excluding steroid dienone is 1. The molecule has 0 bridgehead atoms. The number of terminal acetylenes is 1. The fourth-order valence-corrected chi connectivity index (χ4v) is 1.03. The summed E-state index contributed by atoms with van der Waals surface area (Å²) in [6, 6.07) is 9.68. The normalized spacial score (nSPS) is 11.4. The third kappa shape index (κ3) is 2.68. The average Bonchev–Trinajstić information content (AvgIpc) is 2.15. The Morgan fingerprint density at radius 1 is 1.46 bits per heavy atom. The minimum atomic E-state index is -0.321. The Balaban J connectivity index is 2.80. The van der Waals surface area contributed by atoms with Crippen LogP contribution in [-0.2, 0) is 4.74 Å². The maximum absolute atomic E-state index is 5.35. The van der Waals surface area contributed by atoms with Crippen molar-refractivity contribution in [3.8, 4) is 12.3 Å². The highest BCUT2D eigenvalue weighted by Crippen LogP contribution is 2.18. The summed E-state index contributed by atoms with van der Waals surface area (Å²) in [5, 5.41) is 0. The molecule has 0 saturated heterocycles. The highest BCUT2D eigenvalue weighted by Gasteiger charge is 2.07. The molecular weight excluding hydrogens is 160 g/mol. The molecule has 1 aromatic rings. The van der Waals surface area contributed by atoms with E-state index in [9.17, 15) is 0 Å². The lowest BCUT2D eigenvalue weighted by atomic mass is 10.1. The van der Waals surface area contributed by atoms with E-state index in [1.807, 2.05) is 30.3 Å². The van der Waals surface area contributed by atoms with Gasteiger partial charge in [0.1, 0.15) is 0 Å². The van der Waals surface area contributed by atoms with E-state index in [-0.39, 0.29) is 6.10 Å². The highest BCUT2D eigenvalue weighted by molar-refractivity contribution is 5.24. The van der Waals surface area contributed by atoms with Crippen LogP contribution in [0.1, 0.15) is 18.6 Å². The minimum Gasteiger partial charge on any atom is -0.478 e. The van der Waals surface area contributed by atoms with Gasteiger partial charge in [-0.2, -0.15) is 0 Å². The molecule has 0 spiro atoms. The van der Waals surface area contributed by atoms with Gasteiger partial charge in [0.25, 0.3) is 0 Å². The molecule has 1 unspecified atom stereocenters. The summed E-state index contributed by atoms with van der Waals surface area (Å²) in [4.78, 5) is 0. The Labute approximate surface area is 79.0 Å². The largest absolute Gasteiger partial charge is 0.478 e. The van der Waals surface area contributed by atoms with E-state index < -0.39 is 0 Å². The number of hydrogen-bond donors (Lipinski definition) is 0. The van der Waals surface area contributed by atoms with Crippen molar-refractivity contribution in [3.63, 3.8) is 0 Å². The van der Waals surface area contributed by atoms with Crippen molar-refractivity contribution in [1.29, 1.82) is 0 Å². The molecule has 0 aliphatic carbocycles. The highest BCUT2D eigenvalue weighted by atomic mass is 16.5. The first kappa shape index (κ1) is 9.41. The van der Waals surface area contributed by atoms with E-state index in [0.717, 1.165) is 5.56 Å². The predicted molar refractivity (Wildman–Crippen MR) is 53.9 cm³/mol. The van der Waals surface area contributed by atoms with Gasteiger partial charge in [0.15, 0.2) is 6.10 Å². The van der Waals surface area contributed by atoms with Crippen LogP contribution in [0.4, 0.5) is 0 Å². The number of rotatable bonds is 3. The topological polar surface area (TPSA) is 9.23 Å².